The van der Waals surface area contributed by atoms with Crippen molar-refractivity contribution in [1.29, 1.82) is 0 Å². The van der Waals surface area contributed by atoms with Gasteiger partial charge in [0.1, 0.15) is 17.2 Å². The molecule has 0 N–H and O–H groups in total. The van der Waals surface area contributed by atoms with Gasteiger partial charge < -0.3 is 9.47 Å². The van der Waals surface area contributed by atoms with Crippen molar-refractivity contribution >= 4 is 41.2 Å². The molecule has 0 heterocycles. The third-order valence-corrected chi connectivity index (χ3v) is 3.70. The summed E-state index contributed by atoms with van der Waals surface area (Å²) in [6.07, 6.45) is -2.33. The van der Waals surface area contributed by atoms with Gasteiger partial charge in [0.05, 0.1) is 0 Å². The fraction of sp³-hybridized carbons (Fsp3) is 0. The molecule has 0 radical (unpaired) electrons. The average molecular weight is 434 g/mol. The molecule has 0 bridgehead atoms. The smallest absolute Gasteiger partial charge is 0.393 e. The molecule has 0 aliphatic rings. The number of ether oxygens (including phenoxy) is 2. The number of para-hydroxylation sites is 2. The predicted octanol–water partition coefficient (Wildman–Crippen LogP) is 6.06. The van der Waals surface area contributed by atoms with Gasteiger partial charge in [0.15, 0.2) is 0 Å². The zero-order chi connectivity index (χ0) is 20.6. The lowest BCUT2D eigenvalue weighted by Gasteiger charge is -2.20. The van der Waals surface area contributed by atoms with Crippen LogP contribution in [0.15, 0.2) is 78.9 Å². The first kappa shape index (κ1) is 20.3. The molecule has 7 nitrogen and oxygen atoms in total. The highest BCUT2D eigenvalue weighted by atomic mass is 35.5. The van der Waals surface area contributed by atoms with Crippen LogP contribution in [0.4, 0.5) is 15.3 Å². The van der Waals surface area contributed by atoms with Crippen LogP contribution in [0.3, 0.4) is 0 Å². The molecular formula is C20H13Cl2NO6. The van der Waals surface area contributed by atoms with Crippen molar-refractivity contribution in [2.24, 2.45) is 0 Å². The Morgan fingerprint density at radius 1 is 0.655 bits per heavy atom. The van der Waals surface area contributed by atoms with Crippen LogP contribution >= 0.6 is 23.2 Å². The standard InChI is InChI=1S/C20H13Cl2NO6/c21-14-11-15(22)13-16(12-14)23(28-19(24)26-17-7-3-1-4-8-17)29-20(25)27-18-9-5-2-6-10-18/h1-13H. The molecule has 3 aromatic carbocycles. The fourth-order valence-electron chi connectivity index (χ4n) is 2.11. The van der Waals surface area contributed by atoms with Gasteiger partial charge in [-0.25, -0.2) is 9.59 Å². The van der Waals surface area contributed by atoms with Crippen molar-refractivity contribution in [3.8, 4) is 11.5 Å². The monoisotopic (exact) mass is 433 g/mol. The van der Waals surface area contributed by atoms with E-state index in [4.69, 9.17) is 42.4 Å². The topological polar surface area (TPSA) is 74.3 Å². The Bertz CT molecular complexity index is 909. The summed E-state index contributed by atoms with van der Waals surface area (Å²) in [6, 6.07) is 20.6. The van der Waals surface area contributed by atoms with Crippen LogP contribution in [0.1, 0.15) is 0 Å². The van der Waals surface area contributed by atoms with Crippen LogP contribution in [0, 0.1) is 0 Å². The summed E-state index contributed by atoms with van der Waals surface area (Å²) in [6.45, 7) is 0. The van der Waals surface area contributed by atoms with Gasteiger partial charge in [-0.1, -0.05) is 59.6 Å². The Labute approximate surface area is 175 Å². The highest BCUT2D eigenvalue weighted by Gasteiger charge is 2.22. The molecule has 0 amide bonds. The van der Waals surface area contributed by atoms with Gasteiger partial charge >= 0.3 is 12.3 Å². The van der Waals surface area contributed by atoms with Gasteiger partial charge in [-0.3, -0.25) is 9.68 Å². The number of halogens is 2. The van der Waals surface area contributed by atoms with E-state index in [9.17, 15) is 9.59 Å². The molecule has 3 aromatic rings. The van der Waals surface area contributed by atoms with Gasteiger partial charge in [-0.05, 0) is 47.7 Å². The summed E-state index contributed by atoms with van der Waals surface area (Å²) in [5.74, 6) is 0.460. The Kier molecular flexibility index (Phi) is 6.78. The van der Waals surface area contributed by atoms with Crippen molar-refractivity contribution < 1.29 is 28.7 Å². The molecule has 3 rings (SSSR count). The Morgan fingerprint density at radius 2 is 1.07 bits per heavy atom. The number of carbonyl (C=O) groups excluding carboxylic acids is 2. The van der Waals surface area contributed by atoms with Crippen molar-refractivity contribution in [2.45, 2.75) is 0 Å². The summed E-state index contributed by atoms with van der Waals surface area (Å²) in [7, 11) is 0. The van der Waals surface area contributed by atoms with E-state index in [-0.39, 0.29) is 27.2 Å². The van der Waals surface area contributed by atoms with E-state index in [1.807, 2.05) is 0 Å². The highest BCUT2D eigenvalue weighted by Crippen LogP contribution is 2.26. The fourth-order valence-corrected chi connectivity index (χ4v) is 2.63. The second-order valence-corrected chi connectivity index (χ2v) is 6.27. The third-order valence-electron chi connectivity index (χ3n) is 3.26. The van der Waals surface area contributed by atoms with Crippen LogP contribution in [0.5, 0.6) is 11.5 Å². The SMILES string of the molecule is O=C(Oc1ccccc1)ON(OC(=O)Oc1ccccc1)c1cc(Cl)cc(Cl)c1. The van der Waals surface area contributed by atoms with Gasteiger partial charge in [0, 0.05) is 10.0 Å². The molecule has 0 saturated carbocycles. The first-order chi connectivity index (χ1) is 14.0. The molecule has 0 aromatic heterocycles. The zero-order valence-electron chi connectivity index (χ0n) is 14.7. The number of rotatable bonds is 5. The van der Waals surface area contributed by atoms with Gasteiger partial charge in [0.2, 0.25) is 0 Å². The van der Waals surface area contributed by atoms with Gasteiger partial charge in [-0.2, -0.15) is 0 Å². The van der Waals surface area contributed by atoms with E-state index in [2.05, 4.69) is 0 Å². The minimum absolute atomic E-state index is 0.0533. The van der Waals surface area contributed by atoms with Crippen LogP contribution in [-0.4, -0.2) is 12.3 Å². The molecule has 0 aliphatic heterocycles. The Morgan fingerprint density at radius 3 is 1.48 bits per heavy atom. The minimum atomic E-state index is -1.17. The number of hydrogen-bond donors (Lipinski definition) is 0. The van der Waals surface area contributed by atoms with Crippen molar-refractivity contribution in [3.05, 3.63) is 88.9 Å². The Hall–Kier alpha value is -3.42. The molecule has 0 atom stereocenters. The number of carbonyl (C=O) groups is 2. The number of benzene rings is 3. The normalized spacial score (nSPS) is 10.0. The maximum absolute atomic E-state index is 12.1. The first-order valence-electron chi connectivity index (χ1n) is 8.15. The quantitative estimate of drug-likeness (QED) is 0.275. The molecule has 0 saturated heterocycles. The van der Waals surface area contributed by atoms with Crippen molar-refractivity contribution in [2.75, 3.05) is 5.23 Å². The highest BCUT2D eigenvalue weighted by molar-refractivity contribution is 6.35. The average Bonchev–Trinajstić information content (AvgIpc) is 2.68. The summed E-state index contributed by atoms with van der Waals surface area (Å²) >= 11 is 11.9. The van der Waals surface area contributed by atoms with Crippen LogP contribution in [0.2, 0.25) is 10.0 Å². The number of nitrogens with zero attached hydrogens (tertiary/aromatic N) is 1. The lowest BCUT2D eigenvalue weighted by Crippen LogP contribution is -2.32. The summed E-state index contributed by atoms with van der Waals surface area (Å²) in [4.78, 5) is 34.2. The lowest BCUT2D eigenvalue weighted by atomic mass is 10.3. The molecule has 148 valence electrons. The minimum Gasteiger partial charge on any atom is -0.393 e. The first-order valence-corrected chi connectivity index (χ1v) is 8.91. The summed E-state index contributed by atoms with van der Waals surface area (Å²) < 4.78 is 10.1. The maximum atomic E-state index is 12.1. The van der Waals surface area contributed by atoms with Crippen LogP contribution in [0.25, 0.3) is 0 Å². The molecule has 0 aliphatic carbocycles. The van der Waals surface area contributed by atoms with E-state index in [1.54, 1.807) is 60.7 Å². The molecule has 29 heavy (non-hydrogen) atoms. The Balaban J connectivity index is 1.75. The second-order valence-electron chi connectivity index (χ2n) is 5.40. The molecule has 0 unspecified atom stereocenters. The number of anilines is 1. The summed E-state index contributed by atoms with van der Waals surface area (Å²) in [5.41, 5.74) is 0.0533. The molecular weight excluding hydrogens is 421 g/mol. The predicted molar refractivity (Wildman–Crippen MR) is 106 cm³/mol. The largest absolute Gasteiger partial charge is 0.541 e. The van der Waals surface area contributed by atoms with E-state index in [0.717, 1.165) is 0 Å². The zero-order valence-corrected chi connectivity index (χ0v) is 16.2. The van der Waals surface area contributed by atoms with Gasteiger partial charge in [0.25, 0.3) is 0 Å². The van der Waals surface area contributed by atoms with E-state index < -0.39 is 12.3 Å². The molecule has 0 spiro atoms. The number of hydrogen-bond acceptors (Lipinski definition) is 7. The van der Waals surface area contributed by atoms with Crippen molar-refractivity contribution in [3.63, 3.8) is 0 Å². The van der Waals surface area contributed by atoms with E-state index in [1.165, 1.54) is 18.2 Å². The molecule has 0 fully saturated rings. The third kappa shape index (κ3) is 6.31. The lowest BCUT2D eigenvalue weighted by molar-refractivity contribution is -0.0397. The maximum Gasteiger partial charge on any atom is 0.541 e. The van der Waals surface area contributed by atoms with Crippen molar-refractivity contribution in [1.82, 2.24) is 0 Å². The molecule has 9 heteroatoms. The van der Waals surface area contributed by atoms with E-state index in [0.29, 0.717) is 5.23 Å². The second kappa shape index (κ2) is 9.68. The van der Waals surface area contributed by atoms with Gasteiger partial charge in [-0.15, -0.1) is 0 Å². The van der Waals surface area contributed by atoms with Crippen LogP contribution < -0.4 is 14.7 Å². The summed E-state index contributed by atoms with van der Waals surface area (Å²) in [5, 5.41) is 0.934. The van der Waals surface area contributed by atoms with E-state index >= 15 is 0 Å². The van der Waals surface area contributed by atoms with Crippen LogP contribution in [-0.2, 0) is 9.68 Å².